The van der Waals surface area contributed by atoms with Crippen molar-refractivity contribution >= 4 is 11.9 Å². The molecule has 1 aliphatic carbocycles. The summed E-state index contributed by atoms with van der Waals surface area (Å²) in [6, 6.07) is 0.827. The van der Waals surface area contributed by atoms with Gasteiger partial charge >= 0.3 is 0 Å². The highest BCUT2D eigenvalue weighted by molar-refractivity contribution is 5.81. The van der Waals surface area contributed by atoms with Crippen molar-refractivity contribution in [3.8, 4) is 0 Å². The summed E-state index contributed by atoms with van der Waals surface area (Å²) in [5, 5.41) is 7.05. The predicted molar refractivity (Wildman–Crippen MR) is 108 cm³/mol. The quantitative estimate of drug-likeness (QED) is 0.558. The minimum Gasteiger partial charge on any atom is -0.355 e. The number of nitrogens with zero attached hydrogens (tertiary/aromatic N) is 3. The van der Waals surface area contributed by atoms with E-state index in [-0.39, 0.29) is 17.9 Å². The highest BCUT2D eigenvalue weighted by Crippen LogP contribution is 2.28. The van der Waals surface area contributed by atoms with E-state index in [0.717, 1.165) is 37.9 Å². The fourth-order valence-electron chi connectivity index (χ4n) is 4.32. The molecule has 1 heterocycles. The summed E-state index contributed by atoms with van der Waals surface area (Å²) in [6.07, 6.45) is 7.78. The molecule has 1 saturated heterocycles. The molecule has 150 valence electrons. The molecule has 2 N–H and O–H groups in total. The van der Waals surface area contributed by atoms with Gasteiger partial charge in [-0.15, -0.1) is 0 Å². The molecular weight excluding hydrogens is 326 g/mol. The van der Waals surface area contributed by atoms with Gasteiger partial charge in [0, 0.05) is 44.7 Å². The first-order valence-electron chi connectivity index (χ1n) is 10.3. The number of hydrogen-bond donors (Lipinski definition) is 2. The van der Waals surface area contributed by atoms with Crippen LogP contribution in [0.25, 0.3) is 0 Å². The van der Waals surface area contributed by atoms with Crippen molar-refractivity contribution < 1.29 is 4.79 Å². The van der Waals surface area contributed by atoms with E-state index in [1.54, 1.807) is 0 Å². The molecule has 26 heavy (non-hydrogen) atoms. The van der Waals surface area contributed by atoms with Crippen LogP contribution in [-0.4, -0.2) is 74.5 Å². The number of likely N-dealkylation sites (tertiary alicyclic amines) is 1. The number of carbonyl (C=O) groups excluding carboxylic acids is 1. The van der Waals surface area contributed by atoms with Crippen LogP contribution in [0.1, 0.15) is 52.4 Å². The second-order valence-electron chi connectivity index (χ2n) is 8.45. The van der Waals surface area contributed by atoms with Gasteiger partial charge in [-0.3, -0.25) is 9.79 Å². The minimum atomic E-state index is 0.0718. The first-order chi connectivity index (χ1) is 12.4. The van der Waals surface area contributed by atoms with Crippen molar-refractivity contribution in [3.05, 3.63) is 0 Å². The summed E-state index contributed by atoms with van der Waals surface area (Å²) in [4.78, 5) is 20.9. The Balaban J connectivity index is 1.82. The third-order valence-corrected chi connectivity index (χ3v) is 5.89. The number of hydrogen-bond acceptors (Lipinski definition) is 3. The van der Waals surface area contributed by atoms with Crippen molar-refractivity contribution in [2.75, 3.05) is 40.8 Å². The number of nitrogens with one attached hydrogen (secondary N) is 2. The van der Waals surface area contributed by atoms with Gasteiger partial charge in [0.05, 0.1) is 0 Å². The lowest BCUT2D eigenvalue weighted by Crippen LogP contribution is -2.51. The van der Waals surface area contributed by atoms with Crippen LogP contribution < -0.4 is 10.6 Å². The Morgan fingerprint density at radius 3 is 2.46 bits per heavy atom. The number of rotatable bonds is 6. The molecule has 6 heteroatoms. The molecule has 0 spiro atoms. The Hall–Kier alpha value is -1.30. The van der Waals surface area contributed by atoms with Gasteiger partial charge in [-0.05, 0) is 39.3 Å². The monoisotopic (exact) mass is 365 g/mol. The summed E-state index contributed by atoms with van der Waals surface area (Å²) in [6.45, 7) is 6.47. The second-order valence-corrected chi connectivity index (χ2v) is 8.45. The summed E-state index contributed by atoms with van der Waals surface area (Å²) in [5.41, 5.74) is 0. The molecule has 0 aromatic heterocycles. The van der Waals surface area contributed by atoms with Gasteiger partial charge in [0.25, 0.3) is 0 Å². The molecule has 0 bridgehead atoms. The SMILES string of the molecule is CN=C(NCC(C1CCCCC1)N(C)C)NC1CCN(C(=O)C(C)C)C1. The molecule has 2 atom stereocenters. The van der Waals surface area contributed by atoms with Crippen molar-refractivity contribution in [1.29, 1.82) is 0 Å². The highest BCUT2D eigenvalue weighted by atomic mass is 16.2. The molecule has 1 saturated carbocycles. The zero-order valence-corrected chi connectivity index (χ0v) is 17.4. The maximum atomic E-state index is 12.2. The molecule has 6 nitrogen and oxygen atoms in total. The van der Waals surface area contributed by atoms with Crippen LogP contribution >= 0.6 is 0 Å². The largest absolute Gasteiger partial charge is 0.355 e. The topological polar surface area (TPSA) is 60.0 Å². The lowest BCUT2D eigenvalue weighted by Gasteiger charge is -2.35. The molecule has 2 fully saturated rings. The van der Waals surface area contributed by atoms with Crippen LogP contribution in [0.4, 0.5) is 0 Å². The summed E-state index contributed by atoms with van der Waals surface area (Å²) >= 11 is 0. The van der Waals surface area contributed by atoms with E-state index >= 15 is 0 Å². The fourth-order valence-corrected chi connectivity index (χ4v) is 4.32. The smallest absolute Gasteiger partial charge is 0.225 e. The normalized spacial score (nSPS) is 23.6. The summed E-state index contributed by atoms with van der Waals surface area (Å²) < 4.78 is 0. The van der Waals surface area contributed by atoms with E-state index in [1.165, 1.54) is 32.1 Å². The Morgan fingerprint density at radius 1 is 1.19 bits per heavy atom. The number of guanidine groups is 1. The second kappa shape index (κ2) is 10.1. The zero-order chi connectivity index (χ0) is 19.1. The van der Waals surface area contributed by atoms with Crippen molar-refractivity contribution in [2.45, 2.75) is 64.5 Å². The van der Waals surface area contributed by atoms with Gasteiger partial charge in [-0.25, -0.2) is 0 Å². The van der Waals surface area contributed by atoms with E-state index in [1.807, 2.05) is 25.8 Å². The van der Waals surface area contributed by atoms with Gasteiger partial charge in [0.15, 0.2) is 5.96 Å². The molecule has 1 amide bonds. The lowest BCUT2D eigenvalue weighted by molar-refractivity contribution is -0.133. The standard InChI is InChI=1S/C20H39N5O/c1-15(2)19(26)25-12-11-17(14-25)23-20(21-3)22-13-18(24(4)5)16-9-7-6-8-10-16/h15-18H,6-14H2,1-5H3,(H2,21,22,23). The Labute approximate surface area is 159 Å². The number of aliphatic imine (C=N–C) groups is 1. The predicted octanol–water partition coefficient (Wildman–Crippen LogP) is 1.92. The van der Waals surface area contributed by atoms with E-state index < -0.39 is 0 Å². The summed E-state index contributed by atoms with van der Waals surface area (Å²) in [7, 11) is 6.19. The van der Waals surface area contributed by atoms with Gasteiger partial charge in [-0.2, -0.15) is 0 Å². The van der Waals surface area contributed by atoms with Crippen molar-refractivity contribution in [3.63, 3.8) is 0 Å². The molecular formula is C20H39N5O. The zero-order valence-electron chi connectivity index (χ0n) is 17.4. The minimum absolute atomic E-state index is 0.0718. The summed E-state index contributed by atoms with van der Waals surface area (Å²) in [5.74, 6) is 1.95. The Morgan fingerprint density at radius 2 is 1.88 bits per heavy atom. The molecule has 2 aliphatic rings. The lowest BCUT2D eigenvalue weighted by atomic mass is 9.83. The van der Waals surface area contributed by atoms with E-state index in [4.69, 9.17) is 0 Å². The van der Waals surface area contributed by atoms with Crippen LogP contribution in [0.15, 0.2) is 4.99 Å². The number of carbonyl (C=O) groups is 1. The molecule has 0 aromatic carbocycles. The molecule has 1 aliphatic heterocycles. The molecule has 2 rings (SSSR count). The highest BCUT2D eigenvalue weighted by Gasteiger charge is 2.29. The van der Waals surface area contributed by atoms with Gasteiger partial charge in [0.2, 0.25) is 5.91 Å². The van der Waals surface area contributed by atoms with Gasteiger partial charge in [-0.1, -0.05) is 33.1 Å². The van der Waals surface area contributed by atoms with E-state index in [2.05, 4.69) is 34.6 Å². The van der Waals surface area contributed by atoms with Crippen LogP contribution in [0.3, 0.4) is 0 Å². The maximum Gasteiger partial charge on any atom is 0.225 e. The first-order valence-corrected chi connectivity index (χ1v) is 10.3. The van der Waals surface area contributed by atoms with Crippen LogP contribution in [0, 0.1) is 11.8 Å². The van der Waals surface area contributed by atoms with Gasteiger partial charge in [0.1, 0.15) is 0 Å². The third kappa shape index (κ3) is 5.86. The number of amides is 1. The van der Waals surface area contributed by atoms with Crippen LogP contribution in [-0.2, 0) is 4.79 Å². The average Bonchev–Trinajstić information content (AvgIpc) is 3.09. The maximum absolute atomic E-state index is 12.2. The van der Waals surface area contributed by atoms with Crippen LogP contribution in [0.5, 0.6) is 0 Å². The Bertz CT molecular complexity index is 471. The van der Waals surface area contributed by atoms with Gasteiger partial charge < -0.3 is 20.4 Å². The van der Waals surface area contributed by atoms with E-state index in [9.17, 15) is 4.79 Å². The number of likely N-dealkylation sites (N-methyl/N-ethyl adjacent to an activating group) is 1. The van der Waals surface area contributed by atoms with Crippen molar-refractivity contribution in [1.82, 2.24) is 20.4 Å². The molecule has 0 radical (unpaired) electrons. The Kier molecular flexibility index (Phi) is 8.19. The first kappa shape index (κ1) is 21.0. The molecule has 0 aromatic rings. The van der Waals surface area contributed by atoms with Crippen molar-refractivity contribution in [2.24, 2.45) is 16.8 Å². The molecule has 2 unspecified atom stereocenters. The fraction of sp³-hybridized carbons (Fsp3) is 0.900. The van der Waals surface area contributed by atoms with Crippen LogP contribution in [0.2, 0.25) is 0 Å². The van der Waals surface area contributed by atoms with E-state index in [0.29, 0.717) is 6.04 Å². The third-order valence-electron chi connectivity index (χ3n) is 5.89. The average molecular weight is 366 g/mol.